The van der Waals surface area contributed by atoms with Crippen molar-refractivity contribution in [3.8, 4) is 28.7 Å². The van der Waals surface area contributed by atoms with Crippen molar-refractivity contribution >= 4 is 11.8 Å². The minimum atomic E-state index is -0.478. The Morgan fingerprint density at radius 3 is 1.94 bits per heavy atom. The van der Waals surface area contributed by atoms with E-state index in [2.05, 4.69) is 16.9 Å². The van der Waals surface area contributed by atoms with Crippen molar-refractivity contribution in [3.05, 3.63) is 83.9 Å². The van der Waals surface area contributed by atoms with Crippen molar-refractivity contribution in [2.75, 3.05) is 13.2 Å². The fraction of sp³-hybridized carbons (Fsp3) is 0.160. The molecule has 0 saturated heterocycles. The molecule has 0 aliphatic carbocycles. The van der Waals surface area contributed by atoms with E-state index in [1.165, 1.54) is 0 Å². The van der Waals surface area contributed by atoms with Crippen molar-refractivity contribution in [1.82, 2.24) is 10.9 Å². The maximum Gasteiger partial charge on any atom is 0.276 e. The molecular weight excluding hydrogens is 406 g/mol. The SMILES string of the molecule is Cc1ccc(OCCC(=O)NNC(=O)COc2ccc(-c3ccc(C#N)cc3)cc2)cc1. The van der Waals surface area contributed by atoms with Crippen LogP contribution in [0.15, 0.2) is 72.8 Å². The molecule has 0 aliphatic rings. The molecule has 2 amide bonds. The Morgan fingerprint density at radius 1 is 0.781 bits per heavy atom. The number of aryl methyl sites for hydroxylation is 1. The van der Waals surface area contributed by atoms with Crippen LogP contribution in [-0.2, 0) is 9.59 Å². The number of nitriles is 1. The Balaban J connectivity index is 1.35. The first kappa shape index (κ1) is 22.4. The summed E-state index contributed by atoms with van der Waals surface area (Å²) < 4.78 is 10.9. The van der Waals surface area contributed by atoms with Gasteiger partial charge in [-0.1, -0.05) is 42.0 Å². The zero-order valence-electron chi connectivity index (χ0n) is 17.6. The van der Waals surface area contributed by atoms with E-state index in [9.17, 15) is 9.59 Å². The van der Waals surface area contributed by atoms with Gasteiger partial charge in [-0.05, 0) is 54.4 Å². The number of nitrogens with one attached hydrogen (secondary N) is 2. The monoisotopic (exact) mass is 429 g/mol. The van der Waals surface area contributed by atoms with E-state index >= 15 is 0 Å². The van der Waals surface area contributed by atoms with E-state index < -0.39 is 5.91 Å². The number of carbonyl (C=O) groups is 2. The molecule has 7 nitrogen and oxygen atoms in total. The minimum absolute atomic E-state index is 0.103. The van der Waals surface area contributed by atoms with Crippen molar-refractivity contribution in [1.29, 1.82) is 5.26 Å². The fourth-order valence-corrected chi connectivity index (χ4v) is 2.76. The molecule has 3 aromatic carbocycles. The summed E-state index contributed by atoms with van der Waals surface area (Å²) in [6.45, 7) is 1.94. The molecule has 0 spiro atoms. The van der Waals surface area contributed by atoms with E-state index in [0.717, 1.165) is 16.7 Å². The number of hydrogen-bond donors (Lipinski definition) is 2. The quantitative estimate of drug-likeness (QED) is 0.534. The molecule has 0 aliphatic heterocycles. The molecule has 0 unspecified atom stereocenters. The molecule has 0 saturated carbocycles. The van der Waals surface area contributed by atoms with Gasteiger partial charge in [0.05, 0.1) is 24.7 Å². The molecular formula is C25H23N3O4. The summed E-state index contributed by atoms with van der Waals surface area (Å²) in [5.41, 5.74) is 8.31. The smallest absolute Gasteiger partial charge is 0.276 e. The third-order valence-electron chi connectivity index (χ3n) is 4.53. The minimum Gasteiger partial charge on any atom is -0.493 e. The lowest BCUT2D eigenvalue weighted by molar-refractivity contribution is -0.130. The maximum atomic E-state index is 11.9. The summed E-state index contributed by atoms with van der Waals surface area (Å²) in [4.78, 5) is 23.7. The molecule has 3 aromatic rings. The first-order chi connectivity index (χ1) is 15.5. The molecule has 2 N–H and O–H groups in total. The molecule has 0 heterocycles. The second-order valence-corrected chi connectivity index (χ2v) is 7.01. The normalized spacial score (nSPS) is 10.0. The first-order valence-electron chi connectivity index (χ1n) is 10.0. The second-order valence-electron chi connectivity index (χ2n) is 7.01. The highest BCUT2D eigenvalue weighted by Gasteiger charge is 2.07. The third-order valence-corrected chi connectivity index (χ3v) is 4.53. The highest BCUT2D eigenvalue weighted by molar-refractivity contribution is 5.82. The number of hydrazine groups is 1. The van der Waals surface area contributed by atoms with Gasteiger partial charge in [-0.3, -0.25) is 20.4 Å². The van der Waals surface area contributed by atoms with Crippen LogP contribution in [-0.4, -0.2) is 25.0 Å². The molecule has 3 rings (SSSR count). The van der Waals surface area contributed by atoms with Gasteiger partial charge in [0.2, 0.25) is 5.91 Å². The van der Waals surface area contributed by atoms with E-state index in [4.69, 9.17) is 14.7 Å². The van der Waals surface area contributed by atoms with E-state index in [-0.39, 0.29) is 25.5 Å². The number of carbonyl (C=O) groups excluding carboxylic acids is 2. The fourth-order valence-electron chi connectivity index (χ4n) is 2.76. The van der Waals surface area contributed by atoms with Gasteiger partial charge in [0.25, 0.3) is 5.91 Å². The first-order valence-corrected chi connectivity index (χ1v) is 10.0. The van der Waals surface area contributed by atoms with Crippen LogP contribution in [0.25, 0.3) is 11.1 Å². The molecule has 0 bridgehead atoms. The number of hydrogen-bond acceptors (Lipinski definition) is 5. The topological polar surface area (TPSA) is 100 Å². The molecule has 7 heteroatoms. The van der Waals surface area contributed by atoms with Crippen LogP contribution in [0.4, 0.5) is 0 Å². The average molecular weight is 429 g/mol. The Morgan fingerprint density at radius 2 is 1.31 bits per heavy atom. The Labute approximate surface area is 186 Å². The lowest BCUT2D eigenvalue weighted by Gasteiger charge is -2.10. The van der Waals surface area contributed by atoms with Crippen LogP contribution < -0.4 is 20.3 Å². The predicted octanol–water partition coefficient (Wildman–Crippen LogP) is 3.53. The summed E-state index contributed by atoms with van der Waals surface area (Å²) in [6, 6.07) is 24.1. The van der Waals surface area contributed by atoms with E-state index in [0.29, 0.717) is 17.1 Å². The summed E-state index contributed by atoms with van der Waals surface area (Å²) in [7, 11) is 0. The van der Waals surface area contributed by atoms with Crippen LogP contribution in [0.2, 0.25) is 0 Å². The van der Waals surface area contributed by atoms with Gasteiger partial charge in [0, 0.05) is 0 Å². The molecule has 32 heavy (non-hydrogen) atoms. The number of amides is 2. The van der Waals surface area contributed by atoms with Crippen LogP contribution in [0.1, 0.15) is 17.5 Å². The van der Waals surface area contributed by atoms with Gasteiger partial charge < -0.3 is 9.47 Å². The summed E-state index contributed by atoms with van der Waals surface area (Å²) in [6.07, 6.45) is 0.103. The zero-order valence-corrected chi connectivity index (χ0v) is 17.6. The van der Waals surface area contributed by atoms with Crippen molar-refractivity contribution < 1.29 is 19.1 Å². The van der Waals surface area contributed by atoms with Gasteiger partial charge >= 0.3 is 0 Å². The van der Waals surface area contributed by atoms with Crippen molar-refractivity contribution in [2.24, 2.45) is 0 Å². The van der Waals surface area contributed by atoms with Gasteiger partial charge in [0.1, 0.15) is 11.5 Å². The number of nitrogens with zero attached hydrogens (tertiary/aromatic N) is 1. The van der Waals surface area contributed by atoms with Crippen molar-refractivity contribution in [3.63, 3.8) is 0 Å². The van der Waals surface area contributed by atoms with Gasteiger partial charge in [-0.2, -0.15) is 5.26 Å². The molecule has 0 radical (unpaired) electrons. The number of ether oxygens (including phenoxy) is 2. The standard InChI is InChI=1S/C25H23N3O4/c1-18-2-10-22(11-3-18)31-15-14-24(29)27-28-25(30)17-32-23-12-8-21(9-13-23)20-6-4-19(16-26)5-7-20/h2-13H,14-15,17H2,1H3,(H,27,29)(H,28,30). The third kappa shape index (κ3) is 6.89. The van der Waals surface area contributed by atoms with Crippen LogP contribution in [0, 0.1) is 18.3 Å². The average Bonchev–Trinajstić information content (AvgIpc) is 2.83. The lowest BCUT2D eigenvalue weighted by Crippen LogP contribution is -2.44. The zero-order chi connectivity index (χ0) is 22.8. The molecule has 0 aromatic heterocycles. The van der Waals surface area contributed by atoms with Gasteiger partial charge in [0.15, 0.2) is 6.61 Å². The largest absolute Gasteiger partial charge is 0.493 e. The summed E-state index contributed by atoms with van der Waals surface area (Å²) in [5, 5.41) is 8.87. The predicted molar refractivity (Wildman–Crippen MR) is 120 cm³/mol. The highest BCUT2D eigenvalue weighted by atomic mass is 16.5. The Kier molecular flexibility index (Phi) is 7.82. The van der Waals surface area contributed by atoms with Gasteiger partial charge in [-0.25, -0.2) is 0 Å². The molecule has 0 fully saturated rings. The van der Waals surface area contributed by atoms with Crippen LogP contribution in [0.5, 0.6) is 11.5 Å². The van der Waals surface area contributed by atoms with Gasteiger partial charge in [-0.15, -0.1) is 0 Å². The maximum absolute atomic E-state index is 11.9. The number of benzene rings is 3. The molecule has 0 atom stereocenters. The van der Waals surface area contributed by atoms with Crippen LogP contribution >= 0.6 is 0 Å². The van der Waals surface area contributed by atoms with E-state index in [1.54, 1.807) is 24.3 Å². The number of rotatable bonds is 8. The Bertz CT molecular complexity index is 1090. The van der Waals surface area contributed by atoms with Crippen LogP contribution in [0.3, 0.4) is 0 Å². The molecule has 162 valence electrons. The summed E-state index contributed by atoms with van der Waals surface area (Å²) >= 11 is 0. The lowest BCUT2D eigenvalue weighted by atomic mass is 10.0. The second kappa shape index (κ2) is 11.2. The Hall–Kier alpha value is -4.31. The van der Waals surface area contributed by atoms with E-state index in [1.807, 2.05) is 55.5 Å². The van der Waals surface area contributed by atoms with Crippen molar-refractivity contribution in [2.45, 2.75) is 13.3 Å². The summed E-state index contributed by atoms with van der Waals surface area (Å²) in [5.74, 6) is 0.368. The highest BCUT2D eigenvalue weighted by Crippen LogP contribution is 2.22.